The van der Waals surface area contributed by atoms with Crippen molar-refractivity contribution < 1.29 is 26.6 Å². The van der Waals surface area contributed by atoms with E-state index in [-0.39, 0.29) is 0 Å². The predicted octanol–water partition coefficient (Wildman–Crippen LogP) is 1.66. The summed E-state index contributed by atoms with van der Waals surface area (Å²) in [7, 11) is 7.13. The first-order chi connectivity index (χ1) is 11.0. The third kappa shape index (κ3) is 10.9. The summed E-state index contributed by atoms with van der Waals surface area (Å²) in [6.45, 7) is 0.963. The summed E-state index contributed by atoms with van der Waals surface area (Å²) in [5, 5.41) is 3.07. The predicted molar refractivity (Wildman–Crippen MR) is 100 cm³/mol. The molecule has 0 aliphatic carbocycles. The minimum Gasteiger partial charge on any atom is -0.377 e. The van der Waals surface area contributed by atoms with Crippen LogP contribution in [0, 0.1) is 0 Å². The Morgan fingerprint density at radius 1 is 0.696 bits per heavy atom. The molecule has 1 N–H and O–H groups in total. The average Bonchev–Trinajstić information content (AvgIpc) is 2.62. The molecular formula is C13H35NO6SSi2. The van der Waals surface area contributed by atoms with Gasteiger partial charge in [-0.25, -0.2) is 0 Å². The lowest BCUT2D eigenvalue weighted by Crippen LogP contribution is -2.43. The topological polar surface area (TPSA) is 67.4 Å². The van der Waals surface area contributed by atoms with Crippen LogP contribution in [0.4, 0.5) is 0 Å². The quantitative estimate of drug-likeness (QED) is 0.282. The summed E-state index contributed by atoms with van der Waals surface area (Å²) in [4.78, 5) is 0. The molecule has 0 aliphatic heterocycles. The molecule has 0 unspecified atom stereocenters. The molecule has 7 nitrogen and oxygen atoms in total. The molecule has 23 heavy (non-hydrogen) atoms. The molecule has 0 amide bonds. The standard InChI is InChI=1S/C7H19NO3Si.C6H16O3SSi/c1-8-6-5-7-12(9-2,10-3)11-4;1-7-11(8-2,9-3)6-4-5-10/h8H,5-7H2,1-4H3;10H,4-6H2,1-3H3. The van der Waals surface area contributed by atoms with Crippen molar-refractivity contribution in [2.45, 2.75) is 24.9 Å². The lowest BCUT2D eigenvalue weighted by Gasteiger charge is -2.24. The van der Waals surface area contributed by atoms with Crippen molar-refractivity contribution in [3.8, 4) is 0 Å². The molecule has 0 aromatic carbocycles. The molecule has 0 aliphatic rings. The Morgan fingerprint density at radius 3 is 1.30 bits per heavy atom. The van der Waals surface area contributed by atoms with Gasteiger partial charge >= 0.3 is 17.6 Å². The van der Waals surface area contributed by atoms with Crippen molar-refractivity contribution in [3.63, 3.8) is 0 Å². The van der Waals surface area contributed by atoms with Crippen LogP contribution in [0.15, 0.2) is 0 Å². The highest BCUT2D eigenvalue weighted by Gasteiger charge is 2.37. The van der Waals surface area contributed by atoms with Gasteiger partial charge in [0.1, 0.15) is 0 Å². The van der Waals surface area contributed by atoms with E-state index in [1.165, 1.54) is 0 Å². The molecule has 0 bridgehead atoms. The van der Waals surface area contributed by atoms with Gasteiger partial charge in [0.05, 0.1) is 0 Å². The Morgan fingerprint density at radius 2 is 1.04 bits per heavy atom. The summed E-state index contributed by atoms with van der Waals surface area (Å²) >= 11 is 4.10. The Kier molecular flexibility index (Phi) is 17.9. The minimum absolute atomic E-state index is 0.833. The lowest BCUT2D eigenvalue weighted by molar-refractivity contribution is 0.122. The van der Waals surface area contributed by atoms with E-state index in [0.717, 1.165) is 37.2 Å². The normalized spacial score (nSPS) is 12.0. The average molecular weight is 390 g/mol. The molecule has 0 spiro atoms. The molecule has 142 valence electrons. The third-order valence-electron chi connectivity index (χ3n) is 3.42. The van der Waals surface area contributed by atoms with E-state index in [1.54, 1.807) is 42.7 Å². The molecule has 0 saturated heterocycles. The highest BCUT2D eigenvalue weighted by Crippen LogP contribution is 2.15. The second kappa shape index (κ2) is 16.0. The van der Waals surface area contributed by atoms with E-state index in [9.17, 15) is 0 Å². The second-order valence-electron chi connectivity index (χ2n) is 4.63. The van der Waals surface area contributed by atoms with Crippen LogP contribution in [-0.2, 0) is 26.6 Å². The first kappa shape index (κ1) is 25.7. The fourth-order valence-corrected chi connectivity index (χ4v) is 5.79. The molecule has 0 fully saturated rings. The zero-order chi connectivity index (χ0) is 18.2. The van der Waals surface area contributed by atoms with Crippen LogP contribution >= 0.6 is 12.6 Å². The second-order valence-corrected chi connectivity index (χ2v) is 11.3. The maximum atomic E-state index is 5.25. The van der Waals surface area contributed by atoms with Crippen molar-refractivity contribution >= 4 is 30.2 Å². The third-order valence-corrected chi connectivity index (χ3v) is 9.40. The van der Waals surface area contributed by atoms with E-state index in [1.807, 2.05) is 7.05 Å². The molecule has 0 heterocycles. The van der Waals surface area contributed by atoms with E-state index >= 15 is 0 Å². The molecule has 0 rings (SSSR count). The summed E-state index contributed by atoms with van der Waals surface area (Å²) in [5.41, 5.74) is 0. The van der Waals surface area contributed by atoms with Crippen molar-refractivity contribution in [3.05, 3.63) is 0 Å². The number of hydrogen-bond acceptors (Lipinski definition) is 8. The van der Waals surface area contributed by atoms with E-state index in [4.69, 9.17) is 26.6 Å². The van der Waals surface area contributed by atoms with Crippen molar-refractivity contribution in [1.82, 2.24) is 5.32 Å². The Balaban J connectivity index is 0. The van der Waals surface area contributed by atoms with E-state index in [0.29, 0.717) is 0 Å². The van der Waals surface area contributed by atoms with Gasteiger partial charge in [-0.1, -0.05) is 0 Å². The van der Waals surface area contributed by atoms with Crippen LogP contribution in [0.5, 0.6) is 0 Å². The summed E-state index contributed by atoms with van der Waals surface area (Å²) in [6.07, 6.45) is 1.98. The monoisotopic (exact) mass is 389 g/mol. The molecule has 0 radical (unpaired) electrons. The van der Waals surface area contributed by atoms with Gasteiger partial charge in [-0.15, -0.1) is 0 Å². The number of hydrogen-bond donors (Lipinski definition) is 2. The zero-order valence-electron chi connectivity index (χ0n) is 15.6. The van der Waals surface area contributed by atoms with Crippen LogP contribution in [0.2, 0.25) is 12.1 Å². The van der Waals surface area contributed by atoms with Gasteiger partial charge in [0.25, 0.3) is 0 Å². The van der Waals surface area contributed by atoms with E-state index < -0.39 is 17.6 Å². The van der Waals surface area contributed by atoms with Gasteiger partial charge in [0.15, 0.2) is 0 Å². The molecular weight excluding hydrogens is 354 g/mol. The van der Waals surface area contributed by atoms with Crippen molar-refractivity contribution in [2.75, 3.05) is 62.0 Å². The Labute approximate surface area is 149 Å². The first-order valence-electron chi connectivity index (χ1n) is 7.55. The molecule has 10 heteroatoms. The van der Waals surface area contributed by atoms with Gasteiger partial charge in [0, 0.05) is 54.7 Å². The fourth-order valence-electron chi connectivity index (χ4n) is 1.89. The van der Waals surface area contributed by atoms with Crippen LogP contribution in [0.25, 0.3) is 0 Å². The summed E-state index contributed by atoms with van der Waals surface area (Å²) in [6, 6.07) is 1.69. The van der Waals surface area contributed by atoms with Gasteiger partial charge in [0.2, 0.25) is 0 Å². The maximum absolute atomic E-state index is 5.25. The van der Waals surface area contributed by atoms with Gasteiger partial charge < -0.3 is 31.9 Å². The SMILES string of the molecule is CNCCC[Si](OC)(OC)OC.CO[Si](CCCS)(OC)OC. The minimum atomic E-state index is -2.29. The smallest absolute Gasteiger partial charge is 0.377 e. The number of thiol groups is 1. The van der Waals surface area contributed by atoms with Crippen LogP contribution in [-0.4, -0.2) is 79.6 Å². The van der Waals surface area contributed by atoms with Crippen LogP contribution in [0.1, 0.15) is 12.8 Å². The first-order valence-corrected chi connectivity index (χ1v) is 12.0. The summed E-state index contributed by atoms with van der Waals surface area (Å²) < 4.78 is 31.3. The van der Waals surface area contributed by atoms with Gasteiger partial charge in [-0.3, -0.25) is 0 Å². The lowest BCUT2D eigenvalue weighted by atomic mass is 10.5. The number of rotatable bonds is 13. The molecule has 0 saturated carbocycles. The highest BCUT2D eigenvalue weighted by molar-refractivity contribution is 7.80. The van der Waals surface area contributed by atoms with Gasteiger partial charge in [-0.2, -0.15) is 12.6 Å². The Hall–Kier alpha value is 0.504. The van der Waals surface area contributed by atoms with Crippen molar-refractivity contribution in [2.24, 2.45) is 0 Å². The number of nitrogens with one attached hydrogen (secondary N) is 1. The Bertz CT molecular complexity index is 242. The highest BCUT2D eigenvalue weighted by atomic mass is 32.1. The molecule has 0 aromatic heterocycles. The zero-order valence-corrected chi connectivity index (χ0v) is 18.5. The maximum Gasteiger partial charge on any atom is 0.500 e. The molecule has 0 atom stereocenters. The van der Waals surface area contributed by atoms with Crippen molar-refractivity contribution in [1.29, 1.82) is 0 Å². The van der Waals surface area contributed by atoms with Crippen LogP contribution < -0.4 is 5.32 Å². The largest absolute Gasteiger partial charge is 0.500 e. The summed E-state index contributed by atoms with van der Waals surface area (Å²) in [5.74, 6) is 0.838. The fraction of sp³-hybridized carbons (Fsp3) is 1.00. The van der Waals surface area contributed by atoms with Gasteiger partial charge in [-0.05, 0) is 32.2 Å². The van der Waals surface area contributed by atoms with Crippen LogP contribution in [0.3, 0.4) is 0 Å². The molecule has 0 aromatic rings. The van der Waals surface area contributed by atoms with E-state index in [2.05, 4.69) is 17.9 Å².